The van der Waals surface area contributed by atoms with Crippen LogP contribution in [0.15, 0.2) is 59.8 Å². The standard InChI is InChI=1S/C25H27N5O4S2/c1-18-16-19(2)23-22(17-18)35-25(27-23)30(11-10-28-9-3-8-26-28)24(31)20-4-6-21(7-5-20)36(32,33)29-12-14-34-15-13-29/h3-9,16-17H,10-15H2,1-2H3. The number of carbonyl (C=O) groups is 1. The van der Waals surface area contributed by atoms with E-state index in [0.717, 1.165) is 21.3 Å². The first-order valence-corrected chi connectivity index (χ1v) is 13.9. The summed E-state index contributed by atoms with van der Waals surface area (Å²) in [5.74, 6) is -0.245. The summed E-state index contributed by atoms with van der Waals surface area (Å²) in [6, 6.07) is 12.1. The minimum atomic E-state index is -3.64. The first-order valence-electron chi connectivity index (χ1n) is 11.7. The third kappa shape index (κ3) is 4.92. The van der Waals surface area contributed by atoms with Crippen LogP contribution in [0.3, 0.4) is 0 Å². The lowest BCUT2D eigenvalue weighted by molar-refractivity contribution is 0.0730. The van der Waals surface area contributed by atoms with Gasteiger partial charge >= 0.3 is 0 Å². The van der Waals surface area contributed by atoms with Gasteiger partial charge < -0.3 is 4.74 Å². The molecule has 11 heteroatoms. The van der Waals surface area contributed by atoms with E-state index in [1.165, 1.54) is 27.8 Å². The first kappa shape index (κ1) is 24.6. The minimum absolute atomic E-state index is 0.162. The van der Waals surface area contributed by atoms with E-state index in [2.05, 4.69) is 17.2 Å². The smallest absolute Gasteiger partial charge is 0.260 e. The van der Waals surface area contributed by atoms with Crippen LogP contribution in [0.2, 0.25) is 0 Å². The molecule has 5 rings (SSSR count). The van der Waals surface area contributed by atoms with Gasteiger partial charge in [0.15, 0.2) is 5.13 Å². The van der Waals surface area contributed by atoms with Crippen molar-refractivity contribution in [1.29, 1.82) is 0 Å². The minimum Gasteiger partial charge on any atom is -0.379 e. The number of anilines is 1. The molecule has 2 aromatic heterocycles. The number of ether oxygens (including phenoxy) is 1. The molecule has 36 heavy (non-hydrogen) atoms. The summed E-state index contributed by atoms with van der Waals surface area (Å²) < 4.78 is 35.4. The van der Waals surface area contributed by atoms with E-state index in [-0.39, 0.29) is 10.8 Å². The average Bonchev–Trinajstić information content (AvgIpc) is 3.55. The van der Waals surface area contributed by atoms with Crippen molar-refractivity contribution in [2.45, 2.75) is 25.3 Å². The molecule has 0 radical (unpaired) electrons. The molecular formula is C25H27N5O4S2. The number of hydrogen-bond acceptors (Lipinski definition) is 7. The Kier molecular flexibility index (Phi) is 6.89. The highest BCUT2D eigenvalue weighted by molar-refractivity contribution is 7.89. The van der Waals surface area contributed by atoms with Crippen molar-refractivity contribution >= 4 is 42.6 Å². The number of fused-ring (bicyclic) bond motifs is 1. The number of amides is 1. The molecular weight excluding hydrogens is 498 g/mol. The summed E-state index contributed by atoms with van der Waals surface area (Å²) >= 11 is 1.47. The van der Waals surface area contributed by atoms with Crippen LogP contribution in [0.5, 0.6) is 0 Å². The van der Waals surface area contributed by atoms with Gasteiger partial charge in [0.1, 0.15) is 0 Å². The number of aromatic nitrogens is 3. The molecule has 1 amide bonds. The van der Waals surface area contributed by atoms with E-state index in [9.17, 15) is 13.2 Å². The van der Waals surface area contributed by atoms with Crippen LogP contribution in [-0.4, -0.2) is 66.2 Å². The Hall–Kier alpha value is -3.12. The molecule has 0 bridgehead atoms. The molecule has 0 N–H and O–H groups in total. The number of sulfonamides is 1. The van der Waals surface area contributed by atoms with Gasteiger partial charge in [0.05, 0.1) is 34.9 Å². The predicted molar refractivity (Wildman–Crippen MR) is 139 cm³/mol. The molecule has 9 nitrogen and oxygen atoms in total. The molecule has 3 heterocycles. The van der Waals surface area contributed by atoms with Crippen molar-refractivity contribution in [2.75, 3.05) is 37.7 Å². The molecule has 1 saturated heterocycles. The molecule has 0 atom stereocenters. The number of nitrogens with zero attached hydrogens (tertiary/aromatic N) is 5. The molecule has 1 aliphatic rings. The largest absolute Gasteiger partial charge is 0.379 e. The summed E-state index contributed by atoms with van der Waals surface area (Å²) in [4.78, 5) is 20.3. The van der Waals surface area contributed by atoms with Crippen LogP contribution < -0.4 is 4.90 Å². The third-order valence-electron chi connectivity index (χ3n) is 6.12. The molecule has 0 aliphatic carbocycles. The van der Waals surface area contributed by atoms with Crippen LogP contribution in [0.4, 0.5) is 5.13 Å². The van der Waals surface area contributed by atoms with Gasteiger partial charge in [-0.25, -0.2) is 13.4 Å². The van der Waals surface area contributed by atoms with Gasteiger partial charge in [-0.05, 0) is 61.4 Å². The number of morpholine rings is 1. The Morgan fingerprint density at radius 1 is 1.14 bits per heavy atom. The van der Waals surface area contributed by atoms with Crippen molar-refractivity contribution in [3.05, 3.63) is 71.5 Å². The van der Waals surface area contributed by atoms with Crippen molar-refractivity contribution in [3.63, 3.8) is 0 Å². The maximum atomic E-state index is 13.7. The summed E-state index contributed by atoms with van der Waals surface area (Å²) in [5.41, 5.74) is 3.47. The zero-order valence-electron chi connectivity index (χ0n) is 20.1. The van der Waals surface area contributed by atoms with Crippen LogP contribution in [-0.2, 0) is 21.3 Å². The van der Waals surface area contributed by atoms with Crippen molar-refractivity contribution in [1.82, 2.24) is 19.1 Å². The van der Waals surface area contributed by atoms with Gasteiger partial charge in [0.25, 0.3) is 5.91 Å². The zero-order valence-corrected chi connectivity index (χ0v) is 21.8. The quantitative estimate of drug-likeness (QED) is 0.367. The van der Waals surface area contributed by atoms with Gasteiger partial charge in [-0.15, -0.1) is 0 Å². The number of benzene rings is 2. The number of rotatable bonds is 7. The Labute approximate surface area is 214 Å². The van der Waals surface area contributed by atoms with Crippen molar-refractivity contribution in [3.8, 4) is 0 Å². The highest BCUT2D eigenvalue weighted by atomic mass is 32.2. The Bertz CT molecular complexity index is 1470. The molecule has 1 fully saturated rings. The molecule has 1 aliphatic heterocycles. The molecule has 2 aromatic carbocycles. The highest BCUT2D eigenvalue weighted by Gasteiger charge is 2.27. The second-order valence-corrected chi connectivity index (χ2v) is 11.6. The molecule has 188 valence electrons. The van der Waals surface area contributed by atoms with E-state index in [4.69, 9.17) is 9.72 Å². The fourth-order valence-corrected chi connectivity index (χ4v) is 6.83. The van der Waals surface area contributed by atoms with Crippen LogP contribution in [0, 0.1) is 13.8 Å². The lowest BCUT2D eigenvalue weighted by atomic mass is 10.1. The van der Waals surface area contributed by atoms with E-state index < -0.39 is 10.0 Å². The summed E-state index contributed by atoms with van der Waals surface area (Å²) in [6.45, 7) is 6.31. The Balaban J connectivity index is 1.45. The lowest BCUT2D eigenvalue weighted by Crippen LogP contribution is -2.40. The lowest BCUT2D eigenvalue weighted by Gasteiger charge is -2.26. The topological polar surface area (TPSA) is 97.6 Å². The van der Waals surface area contributed by atoms with Crippen molar-refractivity contribution in [2.24, 2.45) is 0 Å². The van der Waals surface area contributed by atoms with Gasteiger partial charge in [-0.1, -0.05) is 17.4 Å². The Morgan fingerprint density at radius 3 is 2.58 bits per heavy atom. The van der Waals surface area contributed by atoms with Gasteiger partial charge in [0, 0.05) is 37.6 Å². The normalized spacial score (nSPS) is 14.8. The van der Waals surface area contributed by atoms with Gasteiger partial charge in [0.2, 0.25) is 10.0 Å². The second-order valence-electron chi connectivity index (χ2n) is 8.69. The number of thiazole rings is 1. The first-order chi connectivity index (χ1) is 17.3. The zero-order chi connectivity index (χ0) is 25.3. The van der Waals surface area contributed by atoms with Gasteiger partial charge in [-0.2, -0.15) is 9.40 Å². The van der Waals surface area contributed by atoms with Crippen LogP contribution >= 0.6 is 11.3 Å². The molecule has 4 aromatic rings. The highest BCUT2D eigenvalue weighted by Crippen LogP contribution is 2.32. The maximum Gasteiger partial charge on any atom is 0.260 e. The van der Waals surface area contributed by atoms with E-state index in [0.29, 0.717) is 50.1 Å². The molecule has 0 unspecified atom stereocenters. The van der Waals surface area contributed by atoms with Gasteiger partial charge in [-0.3, -0.25) is 14.4 Å². The SMILES string of the molecule is Cc1cc(C)c2nc(N(CCn3cccn3)C(=O)c3ccc(S(=O)(=O)N4CCOCC4)cc3)sc2c1. The summed E-state index contributed by atoms with van der Waals surface area (Å²) in [6.07, 6.45) is 3.55. The second kappa shape index (κ2) is 10.1. The summed E-state index contributed by atoms with van der Waals surface area (Å²) in [7, 11) is -3.64. The third-order valence-corrected chi connectivity index (χ3v) is 9.05. The van der Waals surface area contributed by atoms with E-state index in [1.54, 1.807) is 27.9 Å². The molecule has 0 spiro atoms. The monoisotopic (exact) mass is 525 g/mol. The number of hydrogen-bond donors (Lipinski definition) is 0. The summed E-state index contributed by atoms with van der Waals surface area (Å²) in [5, 5.41) is 4.84. The van der Waals surface area contributed by atoms with E-state index >= 15 is 0 Å². The predicted octanol–water partition coefficient (Wildman–Crippen LogP) is 3.48. The van der Waals surface area contributed by atoms with E-state index in [1.807, 2.05) is 26.1 Å². The Morgan fingerprint density at radius 2 is 1.89 bits per heavy atom. The number of carbonyl (C=O) groups excluding carboxylic acids is 1. The maximum absolute atomic E-state index is 13.7. The fraction of sp³-hybridized carbons (Fsp3) is 0.320. The van der Waals surface area contributed by atoms with Crippen molar-refractivity contribution < 1.29 is 17.9 Å². The molecule has 0 saturated carbocycles. The number of aryl methyl sites for hydroxylation is 2. The average molecular weight is 526 g/mol. The fourth-order valence-electron chi connectivity index (χ4n) is 4.25. The van der Waals surface area contributed by atoms with Crippen LogP contribution in [0.25, 0.3) is 10.2 Å². The van der Waals surface area contributed by atoms with Crippen LogP contribution in [0.1, 0.15) is 21.5 Å².